The SMILES string of the molecule is CCCCC(CCCCCC(C)C)OC(=O)c1cccc(C(=O)O)c1. The van der Waals surface area contributed by atoms with Gasteiger partial charge >= 0.3 is 11.9 Å². The first kappa shape index (κ1) is 21.2. The fourth-order valence-corrected chi connectivity index (χ4v) is 2.79. The van der Waals surface area contributed by atoms with Crippen LogP contribution in [0.1, 0.15) is 92.9 Å². The second-order valence-corrected chi connectivity index (χ2v) is 7.09. The average Bonchev–Trinajstić information content (AvgIpc) is 2.58. The molecule has 25 heavy (non-hydrogen) atoms. The van der Waals surface area contributed by atoms with Gasteiger partial charge in [0.05, 0.1) is 11.1 Å². The zero-order chi connectivity index (χ0) is 18.7. The van der Waals surface area contributed by atoms with Crippen molar-refractivity contribution in [3.63, 3.8) is 0 Å². The number of ether oxygens (including phenoxy) is 1. The maximum absolute atomic E-state index is 12.4. The van der Waals surface area contributed by atoms with E-state index in [0.29, 0.717) is 5.56 Å². The summed E-state index contributed by atoms with van der Waals surface area (Å²) >= 11 is 0. The molecule has 1 N–H and O–H groups in total. The molecule has 0 saturated carbocycles. The van der Waals surface area contributed by atoms with Crippen LogP contribution in [-0.2, 0) is 4.74 Å². The Morgan fingerprint density at radius 1 is 1.00 bits per heavy atom. The maximum atomic E-state index is 12.4. The van der Waals surface area contributed by atoms with Gasteiger partial charge in [-0.1, -0.05) is 58.9 Å². The molecule has 4 nitrogen and oxygen atoms in total. The van der Waals surface area contributed by atoms with Gasteiger partial charge in [0.15, 0.2) is 0 Å². The zero-order valence-corrected chi connectivity index (χ0v) is 15.8. The van der Waals surface area contributed by atoms with E-state index in [1.807, 2.05) is 0 Å². The first-order valence-electron chi connectivity index (χ1n) is 9.48. The Labute approximate surface area is 151 Å². The van der Waals surface area contributed by atoms with Gasteiger partial charge in [-0.25, -0.2) is 9.59 Å². The smallest absolute Gasteiger partial charge is 0.338 e. The maximum Gasteiger partial charge on any atom is 0.338 e. The first-order chi connectivity index (χ1) is 11.9. The van der Waals surface area contributed by atoms with E-state index < -0.39 is 11.9 Å². The van der Waals surface area contributed by atoms with Crippen molar-refractivity contribution in [2.45, 2.75) is 78.2 Å². The standard InChI is InChI=1S/C21H32O4/c1-4-5-13-19(14-8-6-7-10-16(2)3)25-21(24)18-12-9-11-17(15-18)20(22)23/h9,11-12,15-16,19H,4-8,10,13-14H2,1-3H3,(H,22,23). The molecule has 0 aromatic heterocycles. The highest BCUT2D eigenvalue weighted by Crippen LogP contribution is 2.18. The second kappa shape index (κ2) is 11.7. The highest BCUT2D eigenvalue weighted by Gasteiger charge is 2.17. The van der Waals surface area contributed by atoms with Crippen LogP contribution in [-0.4, -0.2) is 23.1 Å². The van der Waals surface area contributed by atoms with Gasteiger partial charge in [0.1, 0.15) is 6.10 Å². The molecule has 4 heteroatoms. The molecule has 0 aliphatic heterocycles. The van der Waals surface area contributed by atoms with Crippen LogP contribution >= 0.6 is 0 Å². The third kappa shape index (κ3) is 8.71. The Hall–Kier alpha value is -1.84. The van der Waals surface area contributed by atoms with E-state index in [1.165, 1.54) is 25.0 Å². The van der Waals surface area contributed by atoms with Crippen molar-refractivity contribution in [1.29, 1.82) is 0 Å². The number of unbranched alkanes of at least 4 members (excludes halogenated alkanes) is 3. The molecule has 0 amide bonds. The summed E-state index contributed by atoms with van der Waals surface area (Å²) in [6.45, 7) is 6.59. The molecular weight excluding hydrogens is 316 g/mol. The number of carboxylic acid groups (broad SMARTS) is 1. The molecule has 0 radical (unpaired) electrons. The zero-order valence-electron chi connectivity index (χ0n) is 15.8. The lowest BCUT2D eigenvalue weighted by Gasteiger charge is -2.18. The lowest BCUT2D eigenvalue weighted by atomic mass is 10.0. The molecule has 0 saturated heterocycles. The third-order valence-electron chi connectivity index (χ3n) is 4.31. The van der Waals surface area contributed by atoms with Crippen LogP contribution in [0.5, 0.6) is 0 Å². The van der Waals surface area contributed by atoms with Gasteiger partial charge in [-0.15, -0.1) is 0 Å². The monoisotopic (exact) mass is 348 g/mol. The second-order valence-electron chi connectivity index (χ2n) is 7.09. The van der Waals surface area contributed by atoms with E-state index in [0.717, 1.165) is 44.4 Å². The van der Waals surface area contributed by atoms with Crippen molar-refractivity contribution < 1.29 is 19.4 Å². The summed E-state index contributed by atoms with van der Waals surface area (Å²) in [6.07, 6.45) is 8.42. The molecule has 0 heterocycles. The van der Waals surface area contributed by atoms with E-state index in [4.69, 9.17) is 9.84 Å². The van der Waals surface area contributed by atoms with Gasteiger partial charge < -0.3 is 9.84 Å². The molecule has 1 unspecified atom stereocenters. The van der Waals surface area contributed by atoms with Crippen LogP contribution in [0.3, 0.4) is 0 Å². The minimum atomic E-state index is -1.04. The van der Waals surface area contributed by atoms with Crippen LogP contribution in [0.2, 0.25) is 0 Å². The Bertz CT molecular complexity index is 536. The van der Waals surface area contributed by atoms with E-state index in [1.54, 1.807) is 12.1 Å². The molecule has 140 valence electrons. The lowest BCUT2D eigenvalue weighted by molar-refractivity contribution is 0.0250. The molecule has 0 spiro atoms. The number of rotatable bonds is 12. The summed E-state index contributed by atoms with van der Waals surface area (Å²) < 4.78 is 5.67. The average molecular weight is 348 g/mol. The molecule has 0 aliphatic rings. The first-order valence-corrected chi connectivity index (χ1v) is 9.48. The number of carbonyl (C=O) groups is 2. The number of esters is 1. The Kier molecular flexibility index (Phi) is 9.90. The number of aromatic carboxylic acids is 1. The largest absolute Gasteiger partial charge is 0.478 e. The molecule has 1 aromatic rings. The van der Waals surface area contributed by atoms with Crippen LogP contribution in [0.15, 0.2) is 24.3 Å². The van der Waals surface area contributed by atoms with E-state index in [-0.39, 0.29) is 11.7 Å². The van der Waals surface area contributed by atoms with Gasteiger partial charge in [-0.3, -0.25) is 0 Å². The summed E-state index contributed by atoms with van der Waals surface area (Å²) in [4.78, 5) is 23.4. The predicted octanol–water partition coefficient (Wildman–Crippen LogP) is 5.71. The Morgan fingerprint density at radius 3 is 2.28 bits per heavy atom. The Morgan fingerprint density at radius 2 is 1.64 bits per heavy atom. The minimum absolute atomic E-state index is 0.0833. The Balaban J connectivity index is 2.56. The molecular formula is C21H32O4. The summed E-state index contributed by atoms with van der Waals surface area (Å²) in [5, 5.41) is 9.04. The normalized spacial score (nSPS) is 12.2. The predicted molar refractivity (Wildman–Crippen MR) is 100 cm³/mol. The van der Waals surface area contributed by atoms with Crippen molar-refractivity contribution >= 4 is 11.9 Å². The van der Waals surface area contributed by atoms with Gasteiger partial charge in [0.2, 0.25) is 0 Å². The fraction of sp³-hybridized carbons (Fsp3) is 0.619. The van der Waals surface area contributed by atoms with Crippen molar-refractivity contribution in [2.75, 3.05) is 0 Å². The van der Waals surface area contributed by atoms with Crippen molar-refractivity contribution in [2.24, 2.45) is 5.92 Å². The number of hydrogen-bond acceptors (Lipinski definition) is 3. The van der Waals surface area contributed by atoms with Crippen LogP contribution in [0.25, 0.3) is 0 Å². The number of benzene rings is 1. The van der Waals surface area contributed by atoms with Gasteiger partial charge in [-0.2, -0.15) is 0 Å². The molecule has 1 aromatic carbocycles. The van der Waals surface area contributed by atoms with Crippen LogP contribution < -0.4 is 0 Å². The summed E-state index contributed by atoms with van der Waals surface area (Å²) in [5.74, 6) is -0.732. The quantitative estimate of drug-likeness (QED) is 0.388. The third-order valence-corrected chi connectivity index (χ3v) is 4.31. The number of carboxylic acids is 1. The molecule has 1 atom stereocenters. The summed E-state index contributed by atoms with van der Waals surface area (Å²) in [7, 11) is 0. The van der Waals surface area contributed by atoms with Gasteiger partial charge in [-0.05, 0) is 43.4 Å². The summed E-state index contributed by atoms with van der Waals surface area (Å²) in [6, 6.07) is 6.04. The van der Waals surface area contributed by atoms with E-state index in [9.17, 15) is 9.59 Å². The topological polar surface area (TPSA) is 63.6 Å². The van der Waals surface area contributed by atoms with Crippen LogP contribution in [0, 0.1) is 5.92 Å². The highest BCUT2D eigenvalue weighted by atomic mass is 16.5. The van der Waals surface area contributed by atoms with Gasteiger partial charge in [0.25, 0.3) is 0 Å². The molecule has 0 aliphatic carbocycles. The molecule has 1 rings (SSSR count). The number of hydrogen-bond donors (Lipinski definition) is 1. The van der Waals surface area contributed by atoms with E-state index >= 15 is 0 Å². The molecule has 0 bridgehead atoms. The highest BCUT2D eigenvalue weighted by molar-refractivity contribution is 5.94. The summed E-state index contributed by atoms with van der Waals surface area (Å²) in [5.41, 5.74) is 0.412. The fourth-order valence-electron chi connectivity index (χ4n) is 2.79. The van der Waals surface area contributed by atoms with Crippen molar-refractivity contribution in [1.82, 2.24) is 0 Å². The molecule has 0 fully saturated rings. The minimum Gasteiger partial charge on any atom is -0.478 e. The van der Waals surface area contributed by atoms with E-state index in [2.05, 4.69) is 20.8 Å². The van der Waals surface area contributed by atoms with Gasteiger partial charge in [0, 0.05) is 0 Å². The number of carbonyl (C=O) groups excluding carboxylic acids is 1. The lowest BCUT2D eigenvalue weighted by Crippen LogP contribution is -2.19. The van der Waals surface area contributed by atoms with Crippen LogP contribution in [0.4, 0.5) is 0 Å². The van der Waals surface area contributed by atoms with Crippen molar-refractivity contribution in [3.8, 4) is 0 Å². The van der Waals surface area contributed by atoms with Crippen molar-refractivity contribution in [3.05, 3.63) is 35.4 Å².